The van der Waals surface area contributed by atoms with Crippen molar-refractivity contribution in [2.75, 3.05) is 33.2 Å². The van der Waals surface area contributed by atoms with Crippen molar-refractivity contribution in [3.8, 4) is 0 Å². The molecule has 0 aromatic heterocycles. The molecule has 2 aliphatic rings. The molecular weight excluding hydrogens is 220 g/mol. The fourth-order valence-electron chi connectivity index (χ4n) is 2.43. The van der Waals surface area contributed by atoms with Crippen molar-refractivity contribution >= 4 is 17.3 Å². The maximum Gasteiger partial charge on any atom is 0.181 e. The van der Waals surface area contributed by atoms with E-state index in [1.54, 1.807) is 4.90 Å². The molecule has 0 amide bonds. The van der Waals surface area contributed by atoms with Gasteiger partial charge in [0.2, 0.25) is 0 Å². The van der Waals surface area contributed by atoms with Crippen LogP contribution in [0.25, 0.3) is 0 Å². The Kier molecular flexibility index (Phi) is 4.37. The molecule has 0 unspecified atom stereocenters. The number of nitrogens with zero attached hydrogens (tertiary/aromatic N) is 1. The molecule has 0 spiro atoms. The summed E-state index contributed by atoms with van der Waals surface area (Å²) in [5.74, 6) is 0. The number of thiocarbonyl (C=S) groups is 1. The fourth-order valence-corrected chi connectivity index (χ4v) is 2.73. The first-order chi connectivity index (χ1) is 7.74. The predicted octanol–water partition coefficient (Wildman–Crippen LogP) is -0.862. The summed E-state index contributed by atoms with van der Waals surface area (Å²) in [4.78, 5) is 1.60. The van der Waals surface area contributed by atoms with Crippen molar-refractivity contribution in [3.63, 3.8) is 0 Å². The van der Waals surface area contributed by atoms with E-state index in [9.17, 15) is 0 Å². The maximum absolute atomic E-state index is 5.33. The quantitative estimate of drug-likeness (QED) is 0.551. The summed E-state index contributed by atoms with van der Waals surface area (Å²) in [6.45, 7) is 4.55. The number of likely N-dealkylation sites (N-methyl/N-ethyl adjacent to an activating group) is 1. The van der Waals surface area contributed by atoms with E-state index >= 15 is 0 Å². The Balaban J connectivity index is 1.66. The first kappa shape index (κ1) is 12.1. The molecule has 92 valence electrons. The molecule has 1 aliphatic heterocycles. The number of quaternary nitrogens is 1. The van der Waals surface area contributed by atoms with Crippen LogP contribution in [-0.2, 0) is 0 Å². The summed E-state index contributed by atoms with van der Waals surface area (Å²) in [7, 11) is 2.24. The van der Waals surface area contributed by atoms with E-state index < -0.39 is 0 Å². The van der Waals surface area contributed by atoms with E-state index in [-0.39, 0.29) is 0 Å². The van der Waals surface area contributed by atoms with Gasteiger partial charge in [-0.2, -0.15) is 0 Å². The summed E-state index contributed by atoms with van der Waals surface area (Å²) in [6, 6.07) is 0.609. The molecule has 0 aromatic rings. The average Bonchev–Trinajstić information content (AvgIpc) is 2.74. The third kappa shape index (κ3) is 3.57. The molecule has 1 heterocycles. The first-order valence-corrected chi connectivity index (χ1v) is 6.78. The monoisotopic (exact) mass is 243 g/mol. The lowest BCUT2D eigenvalue weighted by Crippen LogP contribution is -3.12. The van der Waals surface area contributed by atoms with Crippen LogP contribution in [0.2, 0.25) is 0 Å². The number of hydrogen-bond acceptors (Lipinski definition) is 2. The van der Waals surface area contributed by atoms with Crippen LogP contribution in [0.3, 0.4) is 0 Å². The normalized spacial score (nSPS) is 24.6. The van der Waals surface area contributed by atoms with E-state index in [1.807, 2.05) is 0 Å². The van der Waals surface area contributed by atoms with Crippen molar-refractivity contribution in [2.45, 2.75) is 31.7 Å². The number of rotatable bonds is 2. The summed E-state index contributed by atoms with van der Waals surface area (Å²) in [5.41, 5.74) is 3.31. The highest BCUT2D eigenvalue weighted by molar-refractivity contribution is 7.80. The molecule has 0 atom stereocenters. The van der Waals surface area contributed by atoms with Gasteiger partial charge in [-0.05, 0) is 25.1 Å². The van der Waals surface area contributed by atoms with Gasteiger partial charge in [-0.15, -0.1) is 0 Å². The van der Waals surface area contributed by atoms with E-state index in [0.29, 0.717) is 6.04 Å². The van der Waals surface area contributed by atoms with Crippen LogP contribution in [0.15, 0.2) is 0 Å². The van der Waals surface area contributed by atoms with Crippen LogP contribution in [0.4, 0.5) is 0 Å². The van der Waals surface area contributed by atoms with Gasteiger partial charge < -0.3 is 10.2 Å². The van der Waals surface area contributed by atoms with Gasteiger partial charge in [0.25, 0.3) is 0 Å². The zero-order valence-electron chi connectivity index (χ0n) is 10.1. The number of hydrogen-bond donors (Lipinski definition) is 3. The summed E-state index contributed by atoms with van der Waals surface area (Å²) >= 11 is 5.33. The summed E-state index contributed by atoms with van der Waals surface area (Å²) in [5, 5.41) is 6.45. The third-order valence-electron chi connectivity index (χ3n) is 3.57. The van der Waals surface area contributed by atoms with E-state index in [1.165, 1.54) is 38.8 Å². The van der Waals surface area contributed by atoms with E-state index in [0.717, 1.165) is 18.2 Å². The van der Waals surface area contributed by atoms with Gasteiger partial charge >= 0.3 is 0 Å². The minimum Gasteiger partial charge on any atom is -0.359 e. The molecule has 3 N–H and O–H groups in total. The Morgan fingerprint density at radius 2 is 1.88 bits per heavy atom. The third-order valence-corrected chi connectivity index (χ3v) is 3.78. The lowest BCUT2D eigenvalue weighted by Gasteiger charge is -2.31. The van der Waals surface area contributed by atoms with Crippen LogP contribution in [0.5, 0.6) is 0 Å². The summed E-state index contributed by atoms with van der Waals surface area (Å²) < 4.78 is 0. The first-order valence-electron chi connectivity index (χ1n) is 6.37. The average molecular weight is 243 g/mol. The highest BCUT2D eigenvalue weighted by Crippen LogP contribution is 2.17. The lowest BCUT2D eigenvalue weighted by molar-refractivity contribution is -0.884. The second-order valence-corrected chi connectivity index (χ2v) is 5.42. The Bertz CT molecular complexity index is 232. The zero-order chi connectivity index (χ0) is 11.4. The Morgan fingerprint density at radius 1 is 1.25 bits per heavy atom. The molecule has 2 rings (SSSR count). The highest BCUT2D eigenvalue weighted by Gasteiger charge is 2.19. The Morgan fingerprint density at radius 3 is 2.50 bits per heavy atom. The largest absolute Gasteiger partial charge is 0.359 e. The fraction of sp³-hybridized carbons (Fsp3) is 0.909. The van der Waals surface area contributed by atoms with E-state index in [2.05, 4.69) is 22.8 Å². The predicted molar refractivity (Wildman–Crippen MR) is 69.3 cm³/mol. The number of piperazine rings is 1. The van der Waals surface area contributed by atoms with Gasteiger partial charge in [-0.3, -0.25) is 5.43 Å². The Hall–Kier alpha value is -0.390. The highest BCUT2D eigenvalue weighted by atomic mass is 32.1. The molecule has 16 heavy (non-hydrogen) atoms. The molecule has 1 aliphatic carbocycles. The van der Waals surface area contributed by atoms with Crippen molar-refractivity contribution in [1.82, 2.24) is 15.8 Å². The molecule has 1 saturated heterocycles. The Labute approximate surface area is 103 Å². The minimum atomic E-state index is 0.609. The van der Waals surface area contributed by atoms with Gasteiger partial charge in [0.1, 0.15) is 0 Å². The van der Waals surface area contributed by atoms with Crippen LogP contribution >= 0.6 is 12.2 Å². The van der Waals surface area contributed by atoms with Gasteiger partial charge in [0.05, 0.1) is 33.2 Å². The molecule has 4 nitrogen and oxygen atoms in total. The van der Waals surface area contributed by atoms with Crippen molar-refractivity contribution in [3.05, 3.63) is 0 Å². The molecule has 0 aromatic carbocycles. The van der Waals surface area contributed by atoms with Crippen molar-refractivity contribution in [1.29, 1.82) is 0 Å². The van der Waals surface area contributed by atoms with Crippen LogP contribution in [-0.4, -0.2) is 49.4 Å². The molecule has 0 bridgehead atoms. The lowest BCUT2D eigenvalue weighted by atomic mass is 10.3. The van der Waals surface area contributed by atoms with Crippen molar-refractivity contribution < 1.29 is 4.90 Å². The molecular formula is C11H23N4S+. The van der Waals surface area contributed by atoms with Crippen molar-refractivity contribution in [2.24, 2.45) is 0 Å². The smallest absolute Gasteiger partial charge is 0.181 e. The molecule has 0 radical (unpaired) electrons. The topological polar surface area (TPSA) is 31.7 Å². The van der Waals surface area contributed by atoms with Crippen LogP contribution < -0.4 is 15.6 Å². The van der Waals surface area contributed by atoms with Crippen LogP contribution in [0, 0.1) is 0 Å². The zero-order valence-corrected chi connectivity index (χ0v) is 10.9. The number of nitrogens with one attached hydrogen (secondary N) is 3. The maximum atomic E-state index is 5.33. The summed E-state index contributed by atoms with van der Waals surface area (Å²) in [6.07, 6.45) is 5.24. The number of hydrazine groups is 1. The van der Waals surface area contributed by atoms with E-state index in [4.69, 9.17) is 12.2 Å². The molecule has 1 saturated carbocycles. The van der Waals surface area contributed by atoms with Crippen LogP contribution in [0.1, 0.15) is 25.7 Å². The van der Waals surface area contributed by atoms with Gasteiger partial charge in [-0.25, -0.2) is 5.01 Å². The minimum absolute atomic E-state index is 0.609. The second kappa shape index (κ2) is 5.80. The molecule has 2 fully saturated rings. The standard InChI is InChI=1S/C11H22N4S/c1-14-6-8-15(9-7-14)13-11(16)12-10-4-2-3-5-10/h10H,2-9H2,1H3,(H2,12,13,16)/p+1. The second-order valence-electron chi connectivity index (χ2n) is 5.01. The van der Waals surface area contributed by atoms with Gasteiger partial charge in [-0.1, -0.05) is 12.8 Å². The van der Waals surface area contributed by atoms with Gasteiger partial charge in [0.15, 0.2) is 5.11 Å². The SMILES string of the molecule is C[NH+]1CCN(NC(=S)NC2CCCC2)CC1. The molecule has 5 heteroatoms. The van der Waals surface area contributed by atoms with Gasteiger partial charge in [0, 0.05) is 6.04 Å².